The van der Waals surface area contributed by atoms with Crippen LogP contribution in [0.25, 0.3) is 34.6 Å². The van der Waals surface area contributed by atoms with Gasteiger partial charge in [-0.15, -0.1) is 0 Å². The highest BCUT2D eigenvalue weighted by molar-refractivity contribution is 5.91. The number of nitrogens with one attached hydrogen (secondary N) is 2. The van der Waals surface area contributed by atoms with Gasteiger partial charge in [-0.1, -0.05) is 36.4 Å². The lowest BCUT2D eigenvalue weighted by Crippen LogP contribution is -2.14. The average molecular weight is 427 g/mol. The number of allylic oxidation sites excluding steroid dienone is 1. The second kappa shape index (κ2) is 9.49. The molecule has 2 heterocycles. The van der Waals surface area contributed by atoms with Crippen molar-refractivity contribution in [1.29, 1.82) is 0 Å². The van der Waals surface area contributed by atoms with Gasteiger partial charge in [0.1, 0.15) is 5.82 Å². The monoisotopic (exact) mass is 426 g/mol. The Hall–Kier alpha value is -3.90. The summed E-state index contributed by atoms with van der Waals surface area (Å²) in [4.78, 5) is 19.6. The fourth-order valence-corrected chi connectivity index (χ4v) is 3.90. The van der Waals surface area contributed by atoms with E-state index in [1.54, 1.807) is 11.6 Å². The van der Waals surface area contributed by atoms with E-state index in [-0.39, 0.29) is 0 Å². The predicted octanol–water partition coefficient (Wildman–Crippen LogP) is 5.13. The summed E-state index contributed by atoms with van der Waals surface area (Å²) in [5, 5.41) is 8.70. The Morgan fingerprint density at radius 1 is 1.19 bits per heavy atom. The minimum Gasteiger partial charge on any atom is -0.361 e. The maximum atomic E-state index is 11.3. The van der Waals surface area contributed by atoms with Crippen LogP contribution in [0.3, 0.4) is 0 Å². The van der Waals surface area contributed by atoms with E-state index >= 15 is 0 Å². The highest BCUT2D eigenvalue weighted by Crippen LogP contribution is 2.27. The van der Waals surface area contributed by atoms with Crippen molar-refractivity contribution in [1.82, 2.24) is 20.0 Å². The molecule has 6 heteroatoms. The highest BCUT2D eigenvalue weighted by atomic mass is 16.5. The van der Waals surface area contributed by atoms with E-state index in [2.05, 4.69) is 34.8 Å². The fourth-order valence-electron chi connectivity index (χ4n) is 3.90. The number of aryl methyl sites for hydroxylation is 2. The van der Waals surface area contributed by atoms with Gasteiger partial charge in [0, 0.05) is 30.1 Å². The number of para-hydroxylation sites is 2. The second-order valence-electron chi connectivity index (χ2n) is 7.61. The normalized spacial score (nSPS) is 11.7. The molecule has 0 aliphatic carbocycles. The summed E-state index contributed by atoms with van der Waals surface area (Å²) in [5.74, 6) is 0.316. The number of imidazole rings is 1. The molecule has 0 atom stereocenters. The molecule has 2 aromatic heterocycles. The SMILES string of the molecule is C/C=C\c1[nH]cc(CCn2c(-c3cccc(/C=C/C(=O)NO)c3)nc3ccccc32)c1C. The number of hydrogen-bond acceptors (Lipinski definition) is 3. The molecule has 0 aliphatic rings. The minimum atomic E-state index is -0.568. The molecule has 4 rings (SSSR count). The molecule has 0 bridgehead atoms. The molecule has 32 heavy (non-hydrogen) atoms. The molecular weight excluding hydrogens is 400 g/mol. The number of rotatable bonds is 7. The first-order valence-electron chi connectivity index (χ1n) is 10.6. The first kappa shape index (κ1) is 21.3. The Bertz CT molecular complexity index is 1310. The maximum Gasteiger partial charge on any atom is 0.267 e. The van der Waals surface area contributed by atoms with Crippen LogP contribution in [0.4, 0.5) is 0 Å². The molecule has 1 amide bonds. The molecule has 6 nitrogen and oxygen atoms in total. The Morgan fingerprint density at radius 2 is 2.03 bits per heavy atom. The molecule has 0 saturated carbocycles. The fraction of sp³-hybridized carbons (Fsp3) is 0.154. The van der Waals surface area contributed by atoms with Crippen molar-refractivity contribution in [2.24, 2.45) is 0 Å². The van der Waals surface area contributed by atoms with Crippen LogP contribution >= 0.6 is 0 Å². The number of benzene rings is 2. The zero-order valence-corrected chi connectivity index (χ0v) is 18.2. The smallest absolute Gasteiger partial charge is 0.267 e. The van der Waals surface area contributed by atoms with Crippen molar-refractivity contribution in [3.05, 3.63) is 89.3 Å². The van der Waals surface area contributed by atoms with E-state index in [9.17, 15) is 4.79 Å². The average Bonchev–Trinajstić information content (AvgIpc) is 3.37. The van der Waals surface area contributed by atoms with Gasteiger partial charge >= 0.3 is 0 Å². The van der Waals surface area contributed by atoms with Gasteiger partial charge in [-0.25, -0.2) is 10.5 Å². The molecule has 0 saturated heterocycles. The van der Waals surface area contributed by atoms with Gasteiger partial charge < -0.3 is 9.55 Å². The molecule has 3 N–H and O–H groups in total. The van der Waals surface area contributed by atoms with E-state index in [4.69, 9.17) is 10.2 Å². The van der Waals surface area contributed by atoms with Crippen LogP contribution in [0.15, 0.2) is 66.9 Å². The number of nitrogens with zero attached hydrogens (tertiary/aromatic N) is 2. The number of carbonyl (C=O) groups excluding carboxylic acids is 1. The van der Waals surface area contributed by atoms with Gasteiger partial charge in [0.2, 0.25) is 0 Å². The first-order chi connectivity index (χ1) is 15.6. The summed E-state index contributed by atoms with van der Waals surface area (Å²) in [6, 6.07) is 16.0. The van der Waals surface area contributed by atoms with Gasteiger partial charge in [-0.2, -0.15) is 0 Å². The van der Waals surface area contributed by atoms with E-state index in [1.807, 2.05) is 55.5 Å². The van der Waals surface area contributed by atoms with Crippen molar-refractivity contribution in [2.75, 3.05) is 0 Å². The minimum absolute atomic E-state index is 0.568. The summed E-state index contributed by atoms with van der Waals surface area (Å²) in [6.45, 7) is 4.95. The molecule has 162 valence electrons. The Labute approximate surface area is 186 Å². The Balaban J connectivity index is 1.70. The first-order valence-corrected chi connectivity index (χ1v) is 10.6. The molecule has 0 spiro atoms. The van der Waals surface area contributed by atoms with Gasteiger partial charge in [-0.3, -0.25) is 10.0 Å². The predicted molar refractivity (Wildman–Crippen MR) is 128 cm³/mol. The van der Waals surface area contributed by atoms with E-state index < -0.39 is 5.91 Å². The van der Waals surface area contributed by atoms with Crippen LogP contribution in [0.1, 0.15) is 29.3 Å². The third kappa shape index (κ3) is 4.40. The van der Waals surface area contributed by atoms with E-state index in [0.717, 1.165) is 46.6 Å². The summed E-state index contributed by atoms with van der Waals surface area (Å²) >= 11 is 0. The van der Waals surface area contributed by atoms with Crippen molar-refractivity contribution in [3.63, 3.8) is 0 Å². The van der Waals surface area contributed by atoms with Crippen molar-refractivity contribution >= 4 is 29.1 Å². The third-order valence-corrected chi connectivity index (χ3v) is 5.56. The van der Waals surface area contributed by atoms with E-state index in [1.165, 1.54) is 17.2 Å². The number of amides is 1. The number of hydroxylamine groups is 1. The van der Waals surface area contributed by atoms with Crippen LogP contribution in [-0.2, 0) is 17.8 Å². The summed E-state index contributed by atoms with van der Waals surface area (Å²) < 4.78 is 2.25. The Kier molecular flexibility index (Phi) is 6.33. The number of hydrogen-bond donors (Lipinski definition) is 3. The number of carbonyl (C=O) groups is 1. The number of aromatic amines is 1. The van der Waals surface area contributed by atoms with Crippen molar-refractivity contribution in [3.8, 4) is 11.4 Å². The zero-order chi connectivity index (χ0) is 22.5. The van der Waals surface area contributed by atoms with E-state index in [0.29, 0.717) is 0 Å². The molecule has 0 unspecified atom stereocenters. The number of H-pyrrole nitrogens is 1. The van der Waals surface area contributed by atoms with Crippen molar-refractivity contribution in [2.45, 2.75) is 26.8 Å². The lowest BCUT2D eigenvalue weighted by atomic mass is 10.1. The molecular formula is C26H26N4O2. The summed E-state index contributed by atoms with van der Waals surface area (Å²) in [7, 11) is 0. The standard InChI is InChI=1S/C26H26N4O2/c1-3-7-22-18(2)21(17-27-22)14-15-30-24-11-5-4-10-23(24)28-26(30)20-9-6-8-19(16-20)12-13-25(31)29-32/h3-13,16-17,27,32H,14-15H2,1-2H3,(H,29,31)/b7-3-,13-12+. The quantitative estimate of drug-likeness (QED) is 0.218. The molecule has 0 aliphatic heterocycles. The van der Waals surface area contributed by atoms with Crippen LogP contribution < -0.4 is 5.48 Å². The van der Waals surface area contributed by atoms with Gasteiger partial charge in [0.15, 0.2) is 0 Å². The third-order valence-electron chi connectivity index (χ3n) is 5.56. The molecule has 0 fully saturated rings. The number of aromatic nitrogens is 3. The van der Waals surface area contributed by atoms with Crippen molar-refractivity contribution < 1.29 is 10.0 Å². The lowest BCUT2D eigenvalue weighted by Gasteiger charge is -2.10. The summed E-state index contributed by atoms with van der Waals surface area (Å²) in [5.41, 5.74) is 9.15. The van der Waals surface area contributed by atoms with Crippen LogP contribution in [-0.4, -0.2) is 25.6 Å². The maximum absolute atomic E-state index is 11.3. The van der Waals surface area contributed by atoms with Crippen LogP contribution in [0.2, 0.25) is 0 Å². The van der Waals surface area contributed by atoms with Crippen LogP contribution in [0, 0.1) is 6.92 Å². The number of fused-ring (bicyclic) bond motifs is 1. The second-order valence-corrected chi connectivity index (χ2v) is 7.61. The summed E-state index contributed by atoms with van der Waals surface area (Å²) in [6.07, 6.45) is 10.0. The van der Waals surface area contributed by atoms with Gasteiger partial charge in [-0.05, 0) is 67.3 Å². The molecule has 4 aromatic rings. The van der Waals surface area contributed by atoms with Gasteiger partial charge in [0.05, 0.1) is 11.0 Å². The van der Waals surface area contributed by atoms with Crippen LogP contribution in [0.5, 0.6) is 0 Å². The molecule has 2 aromatic carbocycles. The highest BCUT2D eigenvalue weighted by Gasteiger charge is 2.14. The largest absolute Gasteiger partial charge is 0.361 e. The zero-order valence-electron chi connectivity index (χ0n) is 18.2. The topological polar surface area (TPSA) is 82.9 Å². The Morgan fingerprint density at radius 3 is 2.84 bits per heavy atom. The molecule has 0 radical (unpaired) electrons. The van der Waals surface area contributed by atoms with Gasteiger partial charge in [0.25, 0.3) is 5.91 Å². The lowest BCUT2D eigenvalue weighted by molar-refractivity contribution is -0.124.